The standard InChI is InChI=1S/C41H66N4O4/c1-24(2)27(7)37(9)17-18-38(10)28-13-14-31-36(8)19-30(45-34(25(3)4)43-23-44-45)33(49-21-40(12,42)26(5)6)41(31,22-48-20-36)29(28)15-16-39(38,11)32(37)35(46)47/h15,23-24,26-28,30-33H,3,13-14,16-22,42H2,1-2,4-12H3,(H,46,47)/t27-,28+,30-,31-,32-,33+,36-,37-,38-,39+,40+,41+/m1/s1. The van der Waals surface area contributed by atoms with Gasteiger partial charge in [-0.1, -0.05) is 80.5 Å². The van der Waals surface area contributed by atoms with E-state index in [1.165, 1.54) is 5.57 Å². The molecule has 49 heavy (non-hydrogen) atoms. The Kier molecular flexibility index (Phi) is 9.01. The minimum Gasteiger partial charge on any atom is -0.481 e. The zero-order chi connectivity index (χ0) is 36.1. The van der Waals surface area contributed by atoms with Crippen molar-refractivity contribution >= 4 is 11.5 Å². The number of aliphatic carboxylic acids is 1. The van der Waals surface area contributed by atoms with E-state index in [0.717, 1.165) is 49.9 Å². The number of aromatic nitrogens is 3. The lowest BCUT2D eigenvalue weighted by Crippen LogP contribution is -2.70. The Hall–Kier alpha value is -2.03. The van der Waals surface area contributed by atoms with Crippen LogP contribution in [0.3, 0.4) is 0 Å². The maximum absolute atomic E-state index is 13.6. The van der Waals surface area contributed by atoms with Gasteiger partial charge in [-0.3, -0.25) is 4.79 Å². The largest absolute Gasteiger partial charge is 0.481 e. The third kappa shape index (κ3) is 5.10. The summed E-state index contributed by atoms with van der Waals surface area (Å²) in [6.07, 6.45) is 9.62. The minimum atomic E-state index is -0.630. The van der Waals surface area contributed by atoms with Gasteiger partial charge in [0.15, 0.2) is 5.82 Å². The van der Waals surface area contributed by atoms with Gasteiger partial charge in [0.1, 0.15) is 6.33 Å². The fourth-order valence-electron chi connectivity index (χ4n) is 12.3. The highest BCUT2D eigenvalue weighted by molar-refractivity contribution is 5.73. The maximum Gasteiger partial charge on any atom is 0.307 e. The van der Waals surface area contributed by atoms with Gasteiger partial charge in [0.25, 0.3) is 0 Å². The number of fused-ring (bicyclic) bond motifs is 3. The number of nitrogens with two attached hydrogens (primary N) is 1. The van der Waals surface area contributed by atoms with E-state index >= 15 is 0 Å². The van der Waals surface area contributed by atoms with E-state index in [1.807, 2.05) is 6.92 Å². The molecule has 274 valence electrons. The molecule has 4 fully saturated rings. The zero-order valence-corrected chi connectivity index (χ0v) is 32.4. The molecule has 3 saturated carbocycles. The second-order valence-electron chi connectivity index (χ2n) is 19.4. The summed E-state index contributed by atoms with van der Waals surface area (Å²) < 4.78 is 16.1. The molecule has 2 bridgehead atoms. The number of carbonyl (C=O) groups is 1. The highest BCUT2D eigenvalue weighted by Gasteiger charge is 2.72. The van der Waals surface area contributed by atoms with Gasteiger partial charge < -0.3 is 20.3 Å². The van der Waals surface area contributed by atoms with Gasteiger partial charge in [0.2, 0.25) is 0 Å². The van der Waals surface area contributed by atoms with Crippen LogP contribution in [0.2, 0.25) is 0 Å². The molecule has 4 aliphatic carbocycles. The van der Waals surface area contributed by atoms with Crippen molar-refractivity contribution in [3.05, 3.63) is 30.4 Å². The molecule has 3 N–H and O–H groups in total. The van der Waals surface area contributed by atoms with Crippen LogP contribution in [0.15, 0.2) is 24.6 Å². The van der Waals surface area contributed by atoms with E-state index < -0.39 is 17.4 Å². The maximum atomic E-state index is 13.6. The average molecular weight is 679 g/mol. The summed E-state index contributed by atoms with van der Waals surface area (Å²) >= 11 is 0. The van der Waals surface area contributed by atoms with Crippen molar-refractivity contribution in [2.24, 2.45) is 68.3 Å². The van der Waals surface area contributed by atoms with Crippen LogP contribution in [0.25, 0.3) is 5.57 Å². The molecule has 0 amide bonds. The fourth-order valence-corrected chi connectivity index (χ4v) is 12.3. The SMILES string of the molecule is C=C(C)c1ncnn1[C@@H]1C[C@]2(C)COC[C@@]3(C4=CC[C@@]5(C)[C@H](C(=O)O)[C@@](C)([C@H](C)C(C)C)CC[C@]5(C)[C@H]4CC[C@H]23)[C@H]1OC[C@](C)(N)C(C)C. The van der Waals surface area contributed by atoms with Crippen molar-refractivity contribution < 1.29 is 19.4 Å². The molecule has 0 unspecified atom stereocenters. The van der Waals surface area contributed by atoms with E-state index in [-0.39, 0.29) is 51.1 Å². The second-order valence-corrected chi connectivity index (χ2v) is 19.4. The number of ether oxygens (including phenoxy) is 2. The van der Waals surface area contributed by atoms with E-state index in [0.29, 0.717) is 37.6 Å². The predicted octanol–water partition coefficient (Wildman–Crippen LogP) is 8.20. The summed E-state index contributed by atoms with van der Waals surface area (Å²) in [5.41, 5.74) is 7.44. The monoisotopic (exact) mass is 679 g/mol. The lowest BCUT2D eigenvalue weighted by molar-refractivity contribution is -0.254. The van der Waals surface area contributed by atoms with E-state index in [4.69, 9.17) is 20.3 Å². The van der Waals surface area contributed by atoms with E-state index in [2.05, 4.69) is 91.6 Å². The summed E-state index contributed by atoms with van der Waals surface area (Å²) in [6, 6.07) is -0.0728. The highest BCUT2D eigenvalue weighted by atomic mass is 16.5. The molecule has 0 spiro atoms. The van der Waals surface area contributed by atoms with Crippen LogP contribution in [0, 0.1) is 62.6 Å². The predicted molar refractivity (Wildman–Crippen MR) is 195 cm³/mol. The molecule has 8 nitrogen and oxygen atoms in total. The van der Waals surface area contributed by atoms with Gasteiger partial charge in [-0.25, -0.2) is 9.67 Å². The van der Waals surface area contributed by atoms with E-state index in [9.17, 15) is 9.90 Å². The number of nitrogens with zero attached hydrogens (tertiary/aromatic N) is 3. The molecule has 8 heteroatoms. The second kappa shape index (κ2) is 12.0. The first-order valence-electron chi connectivity index (χ1n) is 19.2. The minimum absolute atomic E-state index is 0.0728. The molecular formula is C41H66N4O4. The number of rotatable bonds is 9. The third-order valence-corrected chi connectivity index (χ3v) is 16.2. The summed E-state index contributed by atoms with van der Waals surface area (Å²) in [5.74, 6) is 1.30. The van der Waals surface area contributed by atoms with Gasteiger partial charge in [0.05, 0.1) is 37.9 Å². The summed E-state index contributed by atoms with van der Waals surface area (Å²) in [7, 11) is 0. The Bertz CT molecular complexity index is 1500. The molecule has 1 aliphatic heterocycles. The topological polar surface area (TPSA) is 112 Å². The third-order valence-electron chi connectivity index (χ3n) is 16.2. The average Bonchev–Trinajstić information content (AvgIpc) is 3.50. The Labute approximate surface area is 296 Å². The van der Waals surface area contributed by atoms with Crippen molar-refractivity contribution in [1.29, 1.82) is 0 Å². The smallest absolute Gasteiger partial charge is 0.307 e. The van der Waals surface area contributed by atoms with Crippen molar-refractivity contribution in [3.8, 4) is 0 Å². The summed E-state index contributed by atoms with van der Waals surface area (Å²) in [4.78, 5) is 18.2. The van der Waals surface area contributed by atoms with Crippen LogP contribution in [0.4, 0.5) is 0 Å². The van der Waals surface area contributed by atoms with Crippen molar-refractivity contribution in [2.75, 3.05) is 19.8 Å². The molecule has 6 rings (SSSR count). The van der Waals surface area contributed by atoms with Gasteiger partial charge >= 0.3 is 5.97 Å². The van der Waals surface area contributed by atoms with Crippen LogP contribution < -0.4 is 5.73 Å². The van der Waals surface area contributed by atoms with Gasteiger partial charge in [-0.05, 0) is 109 Å². The van der Waals surface area contributed by atoms with Crippen LogP contribution in [0.5, 0.6) is 0 Å². The Morgan fingerprint density at radius 2 is 1.84 bits per heavy atom. The fraction of sp³-hybridized carbons (Fsp3) is 0.829. The molecule has 1 aromatic rings. The molecular weight excluding hydrogens is 612 g/mol. The van der Waals surface area contributed by atoms with Gasteiger partial charge in [-0.2, -0.15) is 5.10 Å². The Balaban J connectivity index is 1.54. The Morgan fingerprint density at radius 1 is 1.14 bits per heavy atom. The normalized spacial score (nSPS) is 43.6. The number of carboxylic acid groups (broad SMARTS) is 1. The van der Waals surface area contributed by atoms with E-state index in [1.54, 1.807) is 6.33 Å². The Morgan fingerprint density at radius 3 is 2.45 bits per heavy atom. The van der Waals surface area contributed by atoms with Gasteiger partial charge in [0, 0.05) is 11.0 Å². The number of carboxylic acids is 1. The van der Waals surface area contributed by atoms with Crippen LogP contribution in [0.1, 0.15) is 127 Å². The molecule has 2 heterocycles. The first-order valence-corrected chi connectivity index (χ1v) is 19.2. The van der Waals surface area contributed by atoms with Crippen LogP contribution in [-0.2, 0) is 14.3 Å². The molecule has 12 atom stereocenters. The molecule has 1 aromatic heterocycles. The molecule has 0 aromatic carbocycles. The summed E-state index contributed by atoms with van der Waals surface area (Å²) in [5, 5.41) is 16.0. The molecule has 5 aliphatic rings. The lowest BCUT2D eigenvalue weighted by atomic mass is 9.34. The van der Waals surface area contributed by atoms with Crippen molar-refractivity contribution in [1.82, 2.24) is 14.8 Å². The molecule has 0 radical (unpaired) electrons. The van der Waals surface area contributed by atoms with Crippen molar-refractivity contribution in [3.63, 3.8) is 0 Å². The van der Waals surface area contributed by atoms with Crippen LogP contribution >= 0.6 is 0 Å². The number of allylic oxidation sites excluding steroid dienone is 2. The van der Waals surface area contributed by atoms with Gasteiger partial charge in [-0.15, -0.1) is 0 Å². The number of hydrogen-bond acceptors (Lipinski definition) is 6. The first kappa shape index (κ1) is 36.8. The molecule has 1 saturated heterocycles. The van der Waals surface area contributed by atoms with Crippen molar-refractivity contribution in [2.45, 2.75) is 132 Å². The zero-order valence-electron chi connectivity index (χ0n) is 32.4. The van der Waals surface area contributed by atoms with Crippen LogP contribution in [-0.4, -0.2) is 57.3 Å². The summed E-state index contributed by atoms with van der Waals surface area (Å²) in [6.45, 7) is 30.7. The first-order chi connectivity index (χ1) is 22.7. The highest BCUT2D eigenvalue weighted by Crippen LogP contribution is 2.75. The number of hydrogen-bond donors (Lipinski definition) is 2. The quantitative estimate of drug-likeness (QED) is 0.253. The lowest BCUT2D eigenvalue weighted by Gasteiger charge is -2.71.